The summed E-state index contributed by atoms with van der Waals surface area (Å²) in [6.07, 6.45) is 1.47. The standard InChI is InChI=1S/C13H12BrF2N3O2/c1-7-3-4-10(21-13(15)16)9(5-7)18-12(20)11-8(14)6-17-19(11)2/h3-6,13H,1-2H3,(H,18,20). The van der Waals surface area contributed by atoms with Crippen LogP contribution in [0.4, 0.5) is 14.5 Å². The molecule has 2 rings (SSSR count). The molecular weight excluding hydrogens is 348 g/mol. The van der Waals surface area contributed by atoms with Crippen LogP contribution in [-0.2, 0) is 7.05 Å². The zero-order chi connectivity index (χ0) is 15.6. The normalized spacial score (nSPS) is 10.8. The van der Waals surface area contributed by atoms with Crippen molar-refractivity contribution >= 4 is 27.5 Å². The van der Waals surface area contributed by atoms with E-state index in [0.29, 0.717) is 4.47 Å². The average molecular weight is 360 g/mol. The molecule has 1 amide bonds. The molecule has 1 heterocycles. The number of hydrogen-bond donors (Lipinski definition) is 1. The number of halogens is 3. The van der Waals surface area contributed by atoms with Gasteiger partial charge in [-0.3, -0.25) is 9.48 Å². The molecule has 0 saturated heterocycles. The summed E-state index contributed by atoms with van der Waals surface area (Å²) in [6.45, 7) is -1.19. The first-order valence-electron chi connectivity index (χ1n) is 5.93. The zero-order valence-corrected chi connectivity index (χ0v) is 12.8. The minimum Gasteiger partial charge on any atom is -0.433 e. The lowest BCUT2D eigenvalue weighted by Crippen LogP contribution is -2.18. The van der Waals surface area contributed by atoms with Crippen LogP contribution in [0.2, 0.25) is 0 Å². The number of alkyl halides is 2. The molecule has 0 aliphatic heterocycles. The van der Waals surface area contributed by atoms with Crippen LogP contribution in [0.3, 0.4) is 0 Å². The summed E-state index contributed by atoms with van der Waals surface area (Å²) in [6, 6.07) is 4.56. The van der Waals surface area contributed by atoms with E-state index in [0.717, 1.165) is 5.56 Å². The highest BCUT2D eigenvalue weighted by Gasteiger charge is 2.18. The highest BCUT2D eigenvalue weighted by atomic mass is 79.9. The highest BCUT2D eigenvalue weighted by Crippen LogP contribution is 2.28. The van der Waals surface area contributed by atoms with Crippen molar-refractivity contribution < 1.29 is 18.3 Å². The maximum Gasteiger partial charge on any atom is 0.387 e. The molecule has 0 unspecified atom stereocenters. The van der Waals surface area contributed by atoms with Gasteiger partial charge in [-0.2, -0.15) is 13.9 Å². The minimum absolute atomic E-state index is 0.0951. The number of carbonyl (C=O) groups is 1. The topological polar surface area (TPSA) is 56.1 Å². The van der Waals surface area contributed by atoms with Crippen LogP contribution in [0, 0.1) is 6.92 Å². The van der Waals surface area contributed by atoms with E-state index in [1.54, 1.807) is 26.1 Å². The van der Waals surface area contributed by atoms with Crippen LogP contribution in [0.15, 0.2) is 28.9 Å². The monoisotopic (exact) mass is 359 g/mol. The molecule has 8 heteroatoms. The first-order valence-corrected chi connectivity index (χ1v) is 6.72. The summed E-state index contributed by atoms with van der Waals surface area (Å²) < 4.78 is 31.0. The molecule has 1 aromatic heterocycles. The number of aromatic nitrogens is 2. The van der Waals surface area contributed by atoms with E-state index in [-0.39, 0.29) is 17.1 Å². The number of carbonyl (C=O) groups excluding carboxylic acids is 1. The lowest BCUT2D eigenvalue weighted by Gasteiger charge is -2.13. The fourth-order valence-corrected chi connectivity index (χ4v) is 2.32. The molecule has 0 radical (unpaired) electrons. The Balaban J connectivity index is 2.30. The Hall–Kier alpha value is -1.96. The fraction of sp³-hybridized carbons (Fsp3) is 0.231. The van der Waals surface area contributed by atoms with Crippen molar-refractivity contribution in [2.45, 2.75) is 13.5 Å². The van der Waals surface area contributed by atoms with Crippen LogP contribution in [-0.4, -0.2) is 22.3 Å². The van der Waals surface area contributed by atoms with E-state index in [9.17, 15) is 13.6 Å². The molecule has 112 valence electrons. The maximum atomic E-state index is 12.4. The Morgan fingerprint density at radius 1 is 1.48 bits per heavy atom. The fourth-order valence-electron chi connectivity index (χ4n) is 1.79. The van der Waals surface area contributed by atoms with Crippen molar-refractivity contribution in [1.29, 1.82) is 0 Å². The Morgan fingerprint density at radius 3 is 2.76 bits per heavy atom. The van der Waals surface area contributed by atoms with E-state index >= 15 is 0 Å². The molecule has 0 fully saturated rings. The van der Waals surface area contributed by atoms with Gasteiger partial charge in [-0.05, 0) is 40.5 Å². The zero-order valence-electron chi connectivity index (χ0n) is 11.2. The third kappa shape index (κ3) is 3.57. The quantitative estimate of drug-likeness (QED) is 0.910. The minimum atomic E-state index is -2.97. The molecule has 1 aromatic carbocycles. The van der Waals surface area contributed by atoms with Crippen LogP contribution in [0.25, 0.3) is 0 Å². The predicted octanol–water partition coefficient (Wildman–Crippen LogP) is 3.34. The number of ether oxygens (including phenoxy) is 1. The molecule has 0 bridgehead atoms. The van der Waals surface area contributed by atoms with Crippen molar-refractivity contribution in [3.05, 3.63) is 40.1 Å². The van der Waals surface area contributed by atoms with Gasteiger partial charge in [0.05, 0.1) is 16.4 Å². The van der Waals surface area contributed by atoms with Crippen molar-refractivity contribution in [1.82, 2.24) is 9.78 Å². The van der Waals surface area contributed by atoms with Gasteiger partial charge in [0, 0.05) is 7.05 Å². The Bertz CT molecular complexity index is 654. The lowest BCUT2D eigenvalue weighted by atomic mass is 10.2. The number of amides is 1. The molecule has 21 heavy (non-hydrogen) atoms. The Morgan fingerprint density at radius 2 is 2.19 bits per heavy atom. The second kappa shape index (κ2) is 6.21. The Labute approximate surface area is 128 Å². The maximum absolute atomic E-state index is 12.4. The summed E-state index contributed by atoms with van der Waals surface area (Å²) in [5.74, 6) is -0.575. The number of nitrogens with one attached hydrogen (secondary N) is 1. The lowest BCUT2D eigenvalue weighted by molar-refractivity contribution is -0.0493. The third-order valence-electron chi connectivity index (χ3n) is 2.71. The summed E-state index contributed by atoms with van der Waals surface area (Å²) in [5.41, 5.74) is 1.25. The molecule has 0 spiro atoms. The summed E-state index contributed by atoms with van der Waals surface area (Å²) >= 11 is 3.21. The molecule has 5 nitrogen and oxygen atoms in total. The number of rotatable bonds is 4. The predicted molar refractivity (Wildman–Crippen MR) is 76.7 cm³/mol. The third-order valence-corrected chi connectivity index (χ3v) is 3.29. The van der Waals surface area contributed by atoms with E-state index in [2.05, 4.69) is 31.1 Å². The van der Waals surface area contributed by atoms with Gasteiger partial charge in [0.2, 0.25) is 0 Å². The van der Waals surface area contributed by atoms with Gasteiger partial charge in [0.25, 0.3) is 5.91 Å². The van der Waals surface area contributed by atoms with Gasteiger partial charge in [0.1, 0.15) is 11.4 Å². The van der Waals surface area contributed by atoms with E-state index < -0.39 is 12.5 Å². The largest absolute Gasteiger partial charge is 0.433 e. The van der Waals surface area contributed by atoms with Gasteiger partial charge in [0.15, 0.2) is 0 Å². The Kier molecular flexibility index (Phi) is 4.56. The number of hydrogen-bond acceptors (Lipinski definition) is 3. The number of anilines is 1. The van der Waals surface area contributed by atoms with E-state index in [1.807, 2.05) is 0 Å². The number of aryl methyl sites for hydroxylation is 2. The molecule has 2 aromatic rings. The first kappa shape index (κ1) is 15.4. The molecule has 1 N–H and O–H groups in total. The van der Waals surface area contributed by atoms with Gasteiger partial charge >= 0.3 is 6.61 Å². The van der Waals surface area contributed by atoms with E-state index in [1.165, 1.54) is 16.9 Å². The van der Waals surface area contributed by atoms with Crippen molar-refractivity contribution in [2.24, 2.45) is 7.05 Å². The SMILES string of the molecule is Cc1ccc(OC(F)F)c(NC(=O)c2c(Br)cnn2C)c1. The smallest absolute Gasteiger partial charge is 0.387 e. The summed E-state index contributed by atoms with van der Waals surface area (Å²) in [7, 11) is 1.60. The van der Waals surface area contributed by atoms with Crippen LogP contribution < -0.4 is 10.1 Å². The molecule has 0 saturated carbocycles. The average Bonchev–Trinajstić information content (AvgIpc) is 2.72. The van der Waals surface area contributed by atoms with Crippen molar-refractivity contribution in [2.75, 3.05) is 5.32 Å². The number of nitrogens with zero attached hydrogens (tertiary/aromatic N) is 2. The summed E-state index contributed by atoms with van der Waals surface area (Å²) in [4.78, 5) is 12.2. The van der Waals surface area contributed by atoms with Crippen LogP contribution in [0.5, 0.6) is 5.75 Å². The van der Waals surface area contributed by atoms with E-state index in [4.69, 9.17) is 0 Å². The summed E-state index contributed by atoms with van der Waals surface area (Å²) in [5, 5.41) is 6.48. The molecule has 0 atom stereocenters. The van der Waals surface area contributed by atoms with Crippen molar-refractivity contribution in [3.63, 3.8) is 0 Å². The van der Waals surface area contributed by atoms with Gasteiger partial charge < -0.3 is 10.1 Å². The highest BCUT2D eigenvalue weighted by molar-refractivity contribution is 9.10. The van der Waals surface area contributed by atoms with Crippen molar-refractivity contribution in [3.8, 4) is 5.75 Å². The van der Waals surface area contributed by atoms with Gasteiger partial charge in [-0.25, -0.2) is 0 Å². The number of benzene rings is 1. The second-order valence-electron chi connectivity index (χ2n) is 4.30. The van der Waals surface area contributed by atoms with Crippen LogP contribution in [0.1, 0.15) is 16.1 Å². The van der Waals surface area contributed by atoms with Gasteiger partial charge in [-0.15, -0.1) is 0 Å². The second-order valence-corrected chi connectivity index (χ2v) is 5.15. The molecule has 0 aliphatic carbocycles. The van der Waals surface area contributed by atoms with Crippen LogP contribution >= 0.6 is 15.9 Å². The first-order chi connectivity index (χ1) is 9.88. The molecule has 0 aliphatic rings. The van der Waals surface area contributed by atoms with Gasteiger partial charge in [-0.1, -0.05) is 6.07 Å². The molecular formula is C13H12BrF2N3O2.